The predicted molar refractivity (Wildman–Crippen MR) is 70.6 cm³/mol. The fourth-order valence-corrected chi connectivity index (χ4v) is 2.30. The van der Waals surface area contributed by atoms with E-state index < -0.39 is 0 Å². The van der Waals surface area contributed by atoms with Crippen LogP contribution in [0.2, 0.25) is 0 Å². The molecule has 0 bridgehead atoms. The van der Waals surface area contributed by atoms with Crippen LogP contribution in [0.4, 0.5) is 0 Å². The molecule has 0 amide bonds. The monoisotopic (exact) mass is 304 g/mol. The molecule has 0 atom stereocenters. The zero-order valence-corrected chi connectivity index (χ0v) is 11.1. The molecular weight excluding hydrogens is 296 g/mol. The number of nitrogens with zero attached hydrogens (tertiary/aromatic N) is 2. The number of carbonyl (C=O) groups excluding carboxylic acids is 1. The normalized spacial score (nSPS) is 11.0. The molecule has 1 aromatic carbocycles. The number of para-hydroxylation sites is 1. The maximum atomic E-state index is 12.2. The van der Waals surface area contributed by atoms with Crippen LogP contribution < -0.4 is 0 Å². The zero-order chi connectivity index (χ0) is 12.7. The van der Waals surface area contributed by atoms with Gasteiger partial charge >= 0.3 is 0 Å². The number of ketones is 1. The van der Waals surface area contributed by atoms with Crippen LogP contribution in [0.5, 0.6) is 0 Å². The van der Waals surface area contributed by atoms with Crippen LogP contribution in [-0.4, -0.2) is 15.3 Å². The summed E-state index contributed by atoms with van der Waals surface area (Å²) in [6, 6.07) is 7.41. The number of halogens is 1. The molecule has 90 valence electrons. The number of fused-ring (bicyclic) bond motifs is 1. The van der Waals surface area contributed by atoms with E-state index in [1.807, 2.05) is 18.2 Å². The lowest BCUT2D eigenvalue weighted by Gasteiger charge is -1.96. The van der Waals surface area contributed by atoms with Crippen LogP contribution in [-0.2, 0) is 7.05 Å². The van der Waals surface area contributed by atoms with Crippen molar-refractivity contribution >= 4 is 32.7 Å². The number of carbonyl (C=O) groups is 1. The molecular formula is C13H9BrN2O2. The Morgan fingerprint density at radius 1 is 1.44 bits per heavy atom. The van der Waals surface area contributed by atoms with E-state index in [9.17, 15) is 4.79 Å². The number of aryl methyl sites for hydroxylation is 1. The van der Waals surface area contributed by atoms with E-state index in [2.05, 4.69) is 20.9 Å². The average molecular weight is 305 g/mol. The molecule has 0 N–H and O–H groups in total. The summed E-state index contributed by atoms with van der Waals surface area (Å²) in [6.07, 6.45) is 3.32. The summed E-state index contributed by atoms with van der Waals surface area (Å²) in [5.74, 6) is 0.446. The smallest absolute Gasteiger partial charge is 0.263 e. The lowest BCUT2D eigenvalue weighted by Crippen LogP contribution is -2.07. The molecule has 4 nitrogen and oxygen atoms in total. The van der Waals surface area contributed by atoms with E-state index in [0.29, 0.717) is 17.2 Å². The Morgan fingerprint density at radius 2 is 2.28 bits per heavy atom. The van der Waals surface area contributed by atoms with Crippen LogP contribution in [0.1, 0.15) is 16.4 Å². The van der Waals surface area contributed by atoms with Crippen LogP contribution in [0.25, 0.3) is 11.0 Å². The number of benzene rings is 1. The maximum absolute atomic E-state index is 12.2. The highest BCUT2D eigenvalue weighted by Gasteiger charge is 2.18. The first kappa shape index (κ1) is 11.2. The van der Waals surface area contributed by atoms with Gasteiger partial charge in [0.1, 0.15) is 5.58 Å². The third-order valence-corrected chi connectivity index (χ3v) is 3.37. The molecule has 0 unspecified atom stereocenters. The van der Waals surface area contributed by atoms with E-state index >= 15 is 0 Å². The van der Waals surface area contributed by atoms with Gasteiger partial charge in [-0.25, -0.2) is 4.98 Å². The van der Waals surface area contributed by atoms with Crippen molar-refractivity contribution in [1.29, 1.82) is 0 Å². The summed E-state index contributed by atoms with van der Waals surface area (Å²) < 4.78 is 8.09. The van der Waals surface area contributed by atoms with E-state index in [4.69, 9.17) is 4.42 Å². The SMILES string of the molecule is Cn1ccnc1C(=O)c1cc2cccc(Br)c2o1. The van der Waals surface area contributed by atoms with Crippen LogP contribution in [0.3, 0.4) is 0 Å². The van der Waals surface area contributed by atoms with Crippen molar-refractivity contribution in [3.63, 3.8) is 0 Å². The Kier molecular flexibility index (Phi) is 2.56. The fraction of sp³-hybridized carbons (Fsp3) is 0.0769. The Labute approximate surface area is 111 Å². The van der Waals surface area contributed by atoms with Gasteiger partial charge in [0.2, 0.25) is 0 Å². The molecule has 0 saturated heterocycles. The molecule has 0 fully saturated rings. The van der Waals surface area contributed by atoms with Crippen molar-refractivity contribution in [1.82, 2.24) is 9.55 Å². The molecule has 2 aromatic heterocycles. The Morgan fingerprint density at radius 3 is 2.94 bits per heavy atom. The molecule has 0 radical (unpaired) electrons. The van der Waals surface area contributed by atoms with Crippen molar-refractivity contribution in [2.45, 2.75) is 0 Å². The number of hydrogen-bond acceptors (Lipinski definition) is 3. The van der Waals surface area contributed by atoms with Crippen LogP contribution in [0.15, 0.2) is 45.5 Å². The summed E-state index contributed by atoms with van der Waals surface area (Å²) in [5, 5.41) is 0.891. The number of rotatable bonds is 2. The Hall–Kier alpha value is -1.88. The minimum absolute atomic E-state index is 0.217. The summed E-state index contributed by atoms with van der Waals surface area (Å²) in [6.45, 7) is 0. The van der Waals surface area contributed by atoms with Gasteiger partial charge in [0.05, 0.1) is 4.47 Å². The molecule has 0 aliphatic carbocycles. The number of aromatic nitrogens is 2. The third kappa shape index (κ3) is 1.67. The fourth-order valence-electron chi connectivity index (χ4n) is 1.83. The van der Waals surface area contributed by atoms with Gasteiger partial charge in [-0.15, -0.1) is 0 Å². The lowest BCUT2D eigenvalue weighted by atomic mass is 10.2. The predicted octanol–water partition coefficient (Wildman–Crippen LogP) is 3.16. The Bertz CT molecular complexity index is 742. The van der Waals surface area contributed by atoms with Gasteiger partial charge in [-0.1, -0.05) is 12.1 Å². The minimum atomic E-state index is -0.217. The quantitative estimate of drug-likeness (QED) is 0.683. The summed E-state index contributed by atoms with van der Waals surface area (Å²) in [5.41, 5.74) is 0.676. The topological polar surface area (TPSA) is 48.0 Å². The highest BCUT2D eigenvalue weighted by Crippen LogP contribution is 2.27. The standard InChI is InChI=1S/C13H9BrN2O2/c1-16-6-5-15-13(16)11(17)10-7-8-3-2-4-9(14)12(8)18-10/h2-7H,1H3. The molecule has 3 rings (SSSR count). The lowest BCUT2D eigenvalue weighted by molar-refractivity contribution is 0.0998. The second kappa shape index (κ2) is 4.10. The summed E-state index contributed by atoms with van der Waals surface area (Å²) in [7, 11) is 1.78. The zero-order valence-electron chi connectivity index (χ0n) is 9.55. The van der Waals surface area contributed by atoms with Gasteiger partial charge in [-0.05, 0) is 28.1 Å². The highest BCUT2D eigenvalue weighted by atomic mass is 79.9. The maximum Gasteiger partial charge on any atom is 0.263 e. The van der Waals surface area contributed by atoms with Crippen LogP contribution in [0, 0.1) is 0 Å². The first-order valence-corrected chi connectivity index (χ1v) is 6.16. The Balaban J connectivity index is 2.13. The largest absolute Gasteiger partial charge is 0.451 e. The van der Waals surface area contributed by atoms with Gasteiger partial charge in [-0.3, -0.25) is 4.79 Å². The van der Waals surface area contributed by atoms with E-state index in [0.717, 1.165) is 9.86 Å². The van der Waals surface area contributed by atoms with E-state index in [1.54, 1.807) is 30.1 Å². The molecule has 0 aliphatic rings. The molecule has 5 heteroatoms. The average Bonchev–Trinajstić information content (AvgIpc) is 2.95. The van der Waals surface area contributed by atoms with Crippen molar-refractivity contribution in [3.05, 3.63) is 52.7 Å². The third-order valence-electron chi connectivity index (χ3n) is 2.74. The first-order valence-electron chi connectivity index (χ1n) is 5.37. The van der Waals surface area contributed by atoms with Gasteiger partial charge in [-0.2, -0.15) is 0 Å². The molecule has 18 heavy (non-hydrogen) atoms. The molecule has 3 aromatic rings. The van der Waals surface area contributed by atoms with Crippen molar-refractivity contribution < 1.29 is 9.21 Å². The molecule has 0 spiro atoms. The second-order valence-electron chi connectivity index (χ2n) is 3.96. The summed E-state index contributed by atoms with van der Waals surface area (Å²) >= 11 is 3.40. The van der Waals surface area contributed by atoms with E-state index in [-0.39, 0.29) is 5.78 Å². The van der Waals surface area contributed by atoms with Crippen molar-refractivity contribution in [2.24, 2.45) is 7.05 Å². The molecule has 0 aliphatic heterocycles. The van der Waals surface area contributed by atoms with Gasteiger partial charge in [0.25, 0.3) is 5.78 Å². The van der Waals surface area contributed by atoms with E-state index in [1.165, 1.54) is 0 Å². The number of hydrogen-bond donors (Lipinski definition) is 0. The van der Waals surface area contributed by atoms with Gasteiger partial charge < -0.3 is 8.98 Å². The van der Waals surface area contributed by atoms with Gasteiger partial charge in [0.15, 0.2) is 11.6 Å². The molecule has 2 heterocycles. The minimum Gasteiger partial charge on any atom is -0.451 e. The number of furan rings is 1. The van der Waals surface area contributed by atoms with Crippen LogP contribution >= 0.6 is 15.9 Å². The first-order chi connectivity index (χ1) is 8.66. The number of imidazole rings is 1. The van der Waals surface area contributed by atoms with Gasteiger partial charge in [0, 0.05) is 24.8 Å². The highest BCUT2D eigenvalue weighted by molar-refractivity contribution is 9.10. The molecule has 0 saturated carbocycles. The van der Waals surface area contributed by atoms with Crippen molar-refractivity contribution in [3.8, 4) is 0 Å². The summed E-state index contributed by atoms with van der Waals surface area (Å²) in [4.78, 5) is 16.2. The second-order valence-corrected chi connectivity index (χ2v) is 4.81. The van der Waals surface area contributed by atoms with Crippen molar-refractivity contribution in [2.75, 3.05) is 0 Å².